The van der Waals surface area contributed by atoms with Gasteiger partial charge in [0.25, 0.3) is 0 Å². The fraction of sp³-hybridized carbons (Fsp3) is 0.375. The van der Waals surface area contributed by atoms with Gasteiger partial charge in [0.1, 0.15) is 22.5 Å². The van der Waals surface area contributed by atoms with Crippen LogP contribution in [-0.2, 0) is 30.1 Å². The fourth-order valence-electron chi connectivity index (χ4n) is 6.05. The van der Waals surface area contributed by atoms with E-state index in [0.717, 1.165) is 35.2 Å². The van der Waals surface area contributed by atoms with Crippen molar-refractivity contribution < 1.29 is 31.0 Å². The Morgan fingerprint density at radius 2 is 1.87 bits per heavy atom. The lowest BCUT2D eigenvalue weighted by Gasteiger charge is -2.45. The van der Waals surface area contributed by atoms with Gasteiger partial charge in [-0.15, -0.1) is 0 Å². The fourth-order valence-corrected chi connectivity index (χ4v) is 7.15. The molecule has 3 aromatic heterocycles. The number of Topliss-reactive ketones (excluding diaryl/α,β-unsaturated/α-hetero) is 1. The van der Waals surface area contributed by atoms with Crippen LogP contribution in [-0.4, -0.2) is 58.6 Å². The van der Waals surface area contributed by atoms with Crippen LogP contribution >= 0.6 is 0 Å². The minimum absolute atomic E-state index is 0.174. The maximum Gasteiger partial charge on any atom is 0.416 e. The van der Waals surface area contributed by atoms with Crippen molar-refractivity contribution in [3.8, 4) is 5.69 Å². The number of halogens is 5. The number of hydrogen-bond donors (Lipinski definition) is 0. The molecule has 0 aliphatic heterocycles. The molecule has 0 N–H and O–H groups in total. The number of nitrogens with zero attached hydrogens (tertiary/aromatic N) is 6. The monoisotopic (exact) mass is 660 g/mol. The van der Waals surface area contributed by atoms with Crippen LogP contribution in [0, 0.1) is 11.2 Å². The predicted octanol–water partition coefficient (Wildman–Crippen LogP) is 6.63. The van der Waals surface area contributed by atoms with Crippen LogP contribution in [0.4, 0.5) is 22.0 Å². The Balaban J connectivity index is 0.00000134. The summed E-state index contributed by atoms with van der Waals surface area (Å²) in [4.78, 5) is 18.4. The van der Waals surface area contributed by atoms with Crippen molar-refractivity contribution in [3.05, 3.63) is 95.0 Å². The van der Waals surface area contributed by atoms with Gasteiger partial charge in [-0.25, -0.2) is 17.6 Å². The molecule has 0 amide bonds. The Bertz CT molecular complexity index is 1770. The van der Waals surface area contributed by atoms with Crippen molar-refractivity contribution in [3.63, 3.8) is 0 Å². The standard InChI is InChI=1S/C30H28F4N6O2S.C2H5F/c1-3-39-13-11-27(37-39)43(42)38(2)24-7-4-20-15-26-19(18-36-40(26)23-8-5-22(31)6-9-23)16-29(20,17-24)28(41)25-14-21(10-12-35-25)30(32,33)34;1-2-3/h5-6,8-15,18,24H,3-4,7,16-17H2,1-2H3;2H2,1H3. The third-order valence-corrected chi connectivity index (χ3v) is 9.75. The third kappa shape index (κ3) is 6.45. The normalized spacial score (nSPS) is 19.8. The van der Waals surface area contributed by atoms with Gasteiger partial charge in [-0.1, -0.05) is 5.57 Å². The summed E-state index contributed by atoms with van der Waals surface area (Å²) in [5.74, 6) is -0.910. The molecule has 4 aromatic rings. The number of rotatable bonds is 7. The van der Waals surface area contributed by atoms with E-state index in [0.29, 0.717) is 30.1 Å². The molecule has 0 bridgehead atoms. The molecule has 3 unspecified atom stereocenters. The molecule has 1 aromatic carbocycles. The van der Waals surface area contributed by atoms with Crippen LogP contribution in [0.1, 0.15) is 60.4 Å². The number of alkyl halides is 4. The lowest BCUT2D eigenvalue weighted by Crippen LogP contribution is -2.48. The number of carbonyl (C=O) groups excluding carboxylic acids is 1. The van der Waals surface area contributed by atoms with Crippen LogP contribution in [0.15, 0.2) is 71.7 Å². The summed E-state index contributed by atoms with van der Waals surface area (Å²) >= 11 is 0. The molecule has 0 radical (unpaired) electrons. The average Bonchev–Trinajstić information content (AvgIpc) is 3.70. The maximum absolute atomic E-state index is 14.4. The summed E-state index contributed by atoms with van der Waals surface area (Å²) in [6, 6.07) is 8.85. The van der Waals surface area contributed by atoms with E-state index in [4.69, 9.17) is 0 Å². The topological polar surface area (TPSA) is 85.9 Å². The molecule has 244 valence electrons. The van der Waals surface area contributed by atoms with E-state index in [2.05, 4.69) is 15.2 Å². The van der Waals surface area contributed by atoms with Crippen molar-refractivity contribution in [1.29, 1.82) is 0 Å². The Labute approximate surface area is 265 Å². The second-order valence-corrected chi connectivity index (χ2v) is 12.6. The van der Waals surface area contributed by atoms with Gasteiger partial charge in [0, 0.05) is 32.0 Å². The Morgan fingerprint density at radius 3 is 2.52 bits per heavy atom. The zero-order valence-corrected chi connectivity index (χ0v) is 26.3. The minimum atomic E-state index is -4.64. The average molecular weight is 661 g/mol. The molecule has 3 heterocycles. The lowest BCUT2D eigenvalue weighted by molar-refractivity contribution is -0.137. The summed E-state index contributed by atoms with van der Waals surface area (Å²) in [5.41, 5.74) is 0.367. The summed E-state index contributed by atoms with van der Waals surface area (Å²) in [6.45, 7) is 3.75. The molecule has 8 nitrogen and oxygen atoms in total. The van der Waals surface area contributed by atoms with Gasteiger partial charge in [-0.2, -0.15) is 23.4 Å². The molecule has 0 saturated heterocycles. The number of fused-ring (bicyclic) bond motifs is 2. The highest BCUT2D eigenvalue weighted by atomic mass is 32.2. The zero-order valence-electron chi connectivity index (χ0n) is 25.5. The van der Waals surface area contributed by atoms with E-state index in [-0.39, 0.29) is 37.1 Å². The van der Waals surface area contributed by atoms with Gasteiger partial charge in [0.2, 0.25) is 0 Å². The molecule has 46 heavy (non-hydrogen) atoms. The Hall–Kier alpha value is -4.04. The first-order valence-corrected chi connectivity index (χ1v) is 15.9. The Kier molecular flexibility index (Phi) is 9.68. The van der Waals surface area contributed by atoms with Gasteiger partial charge in [-0.05, 0) is 93.6 Å². The highest BCUT2D eigenvalue weighted by Gasteiger charge is 2.51. The molecule has 2 aliphatic rings. The van der Waals surface area contributed by atoms with E-state index in [1.54, 1.807) is 51.3 Å². The quantitative estimate of drug-likeness (QED) is 0.164. The van der Waals surface area contributed by atoms with Crippen molar-refractivity contribution >= 4 is 22.8 Å². The minimum Gasteiger partial charge on any atom is -0.291 e. The highest BCUT2D eigenvalue weighted by molar-refractivity contribution is 7.82. The first-order valence-electron chi connectivity index (χ1n) is 14.8. The van der Waals surface area contributed by atoms with E-state index in [1.807, 2.05) is 13.0 Å². The van der Waals surface area contributed by atoms with Crippen LogP contribution in [0.2, 0.25) is 0 Å². The van der Waals surface area contributed by atoms with Crippen molar-refractivity contribution in [2.75, 3.05) is 13.7 Å². The first kappa shape index (κ1) is 33.3. The third-order valence-electron chi connectivity index (χ3n) is 8.36. The van der Waals surface area contributed by atoms with Crippen molar-refractivity contribution in [2.24, 2.45) is 5.41 Å². The second-order valence-electron chi connectivity index (χ2n) is 11.1. The van der Waals surface area contributed by atoms with Crippen LogP contribution in [0.25, 0.3) is 11.8 Å². The summed E-state index contributed by atoms with van der Waals surface area (Å²) in [7, 11) is 0.0915. The van der Waals surface area contributed by atoms with Gasteiger partial charge in [0.15, 0.2) is 10.8 Å². The molecular formula is C32H33F5N6O2S. The first-order chi connectivity index (χ1) is 21.9. The highest BCUT2D eigenvalue weighted by Crippen LogP contribution is 2.51. The van der Waals surface area contributed by atoms with Crippen molar-refractivity contribution in [1.82, 2.24) is 28.9 Å². The van der Waals surface area contributed by atoms with E-state index >= 15 is 0 Å². The molecule has 1 fully saturated rings. The number of aromatic nitrogens is 5. The smallest absolute Gasteiger partial charge is 0.291 e. The molecule has 6 rings (SSSR count). The SMILES string of the molecule is CCF.CCn1ccc(S(=O)N(C)C2CCC3=Cc4c(cnn4-c4ccc(F)cc4)CC3(C(=O)c3cc(C(F)(F)F)ccn3)C2)n1. The van der Waals surface area contributed by atoms with Gasteiger partial charge in [0.05, 0.1) is 35.2 Å². The lowest BCUT2D eigenvalue weighted by atomic mass is 9.60. The van der Waals surface area contributed by atoms with Crippen molar-refractivity contribution in [2.45, 2.75) is 63.3 Å². The molecule has 1 saturated carbocycles. The number of ketones is 1. The molecule has 0 spiro atoms. The number of hydrogen-bond acceptors (Lipinski definition) is 5. The Morgan fingerprint density at radius 1 is 1.15 bits per heavy atom. The van der Waals surface area contributed by atoms with Gasteiger partial charge >= 0.3 is 6.18 Å². The molecule has 14 heteroatoms. The number of allylic oxidation sites excluding steroid dienone is 1. The van der Waals surface area contributed by atoms with Crippen LogP contribution in [0.3, 0.4) is 0 Å². The summed E-state index contributed by atoms with van der Waals surface area (Å²) in [6.07, 6.45) is 3.00. The van der Waals surface area contributed by atoms with Crippen LogP contribution < -0.4 is 0 Å². The number of benzene rings is 1. The molecule has 3 atom stereocenters. The largest absolute Gasteiger partial charge is 0.416 e. The summed E-state index contributed by atoms with van der Waals surface area (Å²) in [5, 5.41) is 9.26. The number of carbonyl (C=O) groups is 1. The second kappa shape index (κ2) is 13.4. The van der Waals surface area contributed by atoms with E-state index in [9.17, 15) is 31.0 Å². The van der Waals surface area contributed by atoms with E-state index < -0.39 is 33.9 Å². The molecular weight excluding hydrogens is 627 g/mol. The predicted molar refractivity (Wildman–Crippen MR) is 163 cm³/mol. The van der Waals surface area contributed by atoms with Gasteiger partial charge < -0.3 is 0 Å². The summed E-state index contributed by atoms with van der Waals surface area (Å²) < 4.78 is 83.2. The van der Waals surface area contributed by atoms with E-state index in [1.165, 1.54) is 19.1 Å². The number of aryl methyl sites for hydroxylation is 1. The zero-order chi connectivity index (χ0) is 33.2. The van der Waals surface area contributed by atoms with Crippen LogP contribution in [0.5, 0.6) is 0 Å². The molecule has 2 aliphatic carbocycles. The van der Waals surface area contributed by atoms with Gasteiger partial charge in [-0.3, -0.25) is 18.9 Å². The number of pyridine rings is 1. The maximum atomic E-state index is 14.4.